The lowest BCUT2D eigenvalue weighted by molar-refractivity contribution is 0.557. The van der Waals surface area contributed by atoms with E-state index in [9.17, 15) is 4.79 Å². The van der Waals surface area contributed by atoms with Crippen molar-refractivity contribution in [2.45, 2.75) is 26.2 Å². The predicted octanol–water partition coefficient (Wildman–Crippen LogP) is 2.32. The molecule has 0 amide bonds. The number of fused-ring (bicyclic) bond motifs is 1. The van der Waals surface area contributed by atoms with Crippen LogP contribution in [0.5, 0.6) is 0 Å². The highest BCUT2D eigenvalue weighted by Gasteiger charge is 2.24. The summed E-state index contributed by atoms with van der Waals surface area (Å²) in [6.45, 7) is 6.15. The molecule has 0 saturated heterocycles. The van der Waals surface area contributed by atoms with Crippen LogP contribution in [-0.4, -0.2) is 14.8 Å². The fraction of sp³-hybridized carbons (Fsp3) is 0.455. The highest BCUT2D eigenvalue weighted by Crippen LogP contribution is 2.26. The van der Waals surface area contributed by atoms with Gasteiger partial charge in [-0.1, -0.05) is 20.8 Å². The number of H-pyrrole nitrogens is 1. The highest BCUT2D eigenvalue weighted by atomic mass is 79.9. The number of nitrogens with one attached hydrogen (secondary N) is 1. The molecular formula is C11H14BrN3O. The number of halogens is 1. The Morgan fingerprint density at radius 2 is 2.06 bits per heavy atom. The van der Waals surface area contributed by atoms with E-state index in [0.29, 0.717) is 9.86 Å². The lowest BCUT2D eigenvalue weighted by atomic mass is 9.90. The highest BCUT2D eigenvalue weighted by molar-refractivity contribution is 9.10. The van der Waals surface area contributed by atoms with E-state index >= 15 is 0 Å². The van der Waals surface area contributed by atoms with Gasteiger partial charge in [-0.15, -0.1) is 0 Å². The third-order valence-electron chi connectivity index (χ3n) is 2.54. The Kier molecular flexibility index (Phi) is 2.45. The second kappa shape index (κ2) is 3.45. The Hall–Kier alpha value is -1.10. The Labute approximate surface area is 102 Å². The lowest BCUT2D eigenvalue weighted by Gasteiger charge is -2.14. The number of rotatable bonds is 0. The Bertz CT molecular complexity index is 604. The standard InChI is InChI=1S/C11H14BrN3O/c1-11(2,3)9-7-8(16)6(12)5-13-10(7)15(4)14-9/h5H,1-4H3,(H,13,16). The molecule has 2 rings (SSSR count). The normalized spacial score (nSPS) is 12.3. The Morgan fingerprint density at radius 3 is 2.62 bits per heavy atom. The van der Waals surface area contributed by atoms with Crippen LogP contribution in [-0.2, 0) is 12.5 Å². The van der Waals surface area contributed by atoms with E-state index in [1.807, 2.05) is 7.05 Å². The van der Waals surface area contributed by atoms with Crippen molar-refractivity contribution in [1.29, 1.82) is 0 Å². The average Bonchev–Trinajstić information content (AvgIpc) is 2.50. The quantitative estimate of drug-likeness (QED) is 0.807. The van der Waals surface area contributed by atoms with E-state index in [1.165, 1.54) is 0 Å². The molecule has 0 unspecified atom stereocenters. The fourth-order valence-corrected chi connectivity index (χ4v) is 2.06. The molecule has 16 heavy (non-hydrogen) atoms. The fourth-order valence-electron chi connectivity index (χ4n) is 1.75. The van der Waals surface area contributed by atoms with Crippen molar-refractivity contribution in [3.63, 3.8) is 0 Å². The minimum atomic E-state index is -0.146. The van der Waals surface area contributed by atoms with Crippen LogP contribution < -0.4 is 5.43 Å². The second-order valence-electron chi connectivity index (χ2n) is 4.91. The van der Waals surface area contributed by atoms with Crippen molar-refractivity contribution in [1.82, 2.24) is 14.8 Å². The molecule has 0 aromatic carbocycles. The largest absolute Gasteiger partial charge is 0.345 e. The zero-order valence-corrected chi connectivity index (χ0v) is 11.3. The van der Waals surface area contributed by atoms with Gasteiger partial charge >= 0.3 is 0 Å². The van der Waals surface area contributed by atoms with Crippen molar-refractivity contribution >= 4 is 27.0 Å². The van der Waals surface area contributed by atoms with Crippen molar-refractivity contribution in [2.75, 3.05) is 0 Å². The van der Waals surface area contributed by atoms with E-state index in [1.54, 1.807) is 10.9 Å². The molecule has 5 heteroatoms. The first-order chi connectivity index (χ1) is 7.32. The van der Waals surface area contributed by atoms with Crippen molar-refractivity contribution in [2.24, 2.45) is 7.05 Å². The van der Waals surface area contributed by atoms with Crippen LogP contribution in [0, 0.1) is 0 Å². The molecule has 0 aliphatic rings. The van der Waals surface area contributed by atoms with Gasteiger partial charge in [-0.05, 0) is 15.9 Å². The number of hydrogen-bond donors (Lipinski definition) is 1. The predicted molar refractivity (Wildman–Crippen MR) is 67.7 cm³/mol. The van der Waals surface area contributed by atoms with Crippen LogP contribution in [0.4, 0.5) is 0 Å². The zero-order chi connectivity index (χ0) is 12.1. The van der Waals surface area contributed by atoms with Gasteiger partial charge < -0.3 is 4.98 Å². The van der Waals surface area contributed by atoms with Gasteiger partial charge in [0.05, 0.1) is 15.6 Å². The van der Waals surface area contributed by atoms with E-state index in [-0.39, 0.29) is 10.8 Å². The first-order valence-electron chi connectivity index (χ1n) is 5.06. The van der Waals surface area contributed by atoms with Gasteiger partial charge in [0.1, 0.15) is 5.65 Å². The zero-order valence-electron chi connectivity index (χ0n) is 9.76. The maximum atomic E-state index is 12.1. The Morgan fingerprint density at radius 1 is 1.44 bits per heavy atom. The molecule has 0 spiro atoms. The SMILES string of the molecule is Cn1nc(C(C)(C)C)c2c(=O)c(Br)c[nH]c21. The molecule has 0 aliphatic heterocycles. The summed E-state index contributed by atoms with van der Waals surface area (Å²) >= 11 is 3.25. The molecule has 1 N–H and O–H groups in total. The topological polar surface area (TPSA) is 50.7 Å². The molecule has 2 heterocycles. The maximum absolute atomic E-state index is 12.1. The molecule has 0 saturated carbocycles. The van der Waals surface area contributed by atoms with Crippen molar-refractivity contribution < 1.29 is 0 Å². The van der Waals surface area contributed by atoms with Crippen molar-refractivity contribution in [3.05, 3.63) is 26.6 Å². The number of aromatic nitrogens is 3. The second-order valence-corrected chi connectivity index (χ2v) is 5.77. The summed E-state index contributed by atoms with van der Waals surface area (Å²) in [7, 11) is 1.83. The van der Waals surface area contributed by atoms with Gasteiger partial charge in [-0.25, -0.2) is 0 Å². The molecule has 0 aliphatic carbocycles. The van der Waals surface area contributed by atoms with E-state index in [2.05, 4.69) is 46.8 Å². The van der Waals surface area contributed by atoms with Gasteiger partial charge in [0.2, 0.25) is 5.43 Å². The molecule has 4 nitrogen and oxygen atoms in total. The first kappa shape index (κ1) is 11.4. The first-order valence-corrected chi connectivity index (χ1v) is 5.86. The van der Waals surface area contributed by atoms with Gasteiger partial charge in [0.15, 0.2) is 0 Å². The number of aryl methyl sites for hydroxylation is 1. The maximum Gasteiger partial charge on any atom is 0.207 e. The molecule has 0 atom stereocenters. The van der Waals surface area contributed by atoms with Crippen LogP contribution in [0.2, 0.25) is 0 Å². The van der Waals surface area contributed by atoms with Gasteiger partial charge in [0, 0.05) is 18.7 Å². The van der Waals surface area contributed by atoms with Gasteiger partial charge in [-0.2, -0.15) is 5.10 Å². The van der Waals surface area contributed by atoms with Crippen LogP contribution in [0.1, 0.15) is 26.5 Å². The number of pyridine rings is 1. The summed E-state index contributed by atoms with van der Waals surface area (Å²) in [4.78, 5) is 15.2. The lowest BCUT2D eigenvalue weighted by Crippen LogP contribution is -2.16. The molecule has 0 bridgehead atoms. The summed E-state index contributed by atoms with van der Waals surface area (Å²) < 4.78 is 2.25. The van der Waals surface area contributed by atoms with Crippen LogP contribution in [0.25, 0.3) is 11.0 Å². The molecular weight excluding hydrogens is 270 g/mol. The van der Waals surface area contributed by atoms with Crippen LogP contribution >= 0.6 is 15.9 Å². The smallest absolute Gasteiger partial charge is 0.207 e. The van der Waals surface area contributed by atoms with E-state index in [0.717, 1.165) is 11.3 Å². The minimum Gasteiger partial charge on any atom is -0.345 e. The summed E-state index contributed by atoms with van der Waals surface area (Å²) in [6, 6.07) is 0. The number of hydrogen-bond acceptors (Lipinski definition) is 2. The van der Waals surface area contributed by atoms with Gasteiger partial charge in [0.25, 0.3) is 0 Å². The third-order valence-corrected chi connectivity index (χ3v) is 3.13. The molecule has 86 valence electrons. The number of aromatic amines is 1. The van der Waals surface area contributed by atoms with Crippen LogP contribution in [0.15, 0.2) is 15.5 Å². The molecule has 0 fully saturated rings. The monoisotopic (exact) mass is 283 g/mol. The Balaban J connectivity index is 2.98. The number of nitrogens with zero attached hydrogens (tertiary/aromatic N) is 2. The third kappa shape index (κ3) is 1.59. The molecule has 0 radical (unpaired) electrons. The molecule has 2 aromatic heterocycles. The van der Waals surface area contributed by atoms with E-state index < -0.39 is 0 Å². The van der Waals surface area contributed by atoms with Crippen molar-refractivity contribution in [3.8, 4) is 0 Å². The summed E-state index contributed by atoms with van der Waals surface area (Å²) in [6.07, 6.45) is 1.65. The summed E-state index contributed by atoms with van der Waals surface area (Å²) in [5.74, 6) is 0. The minimum absolute atomic E-state index is 0.00762. The molecule has 2 aromatic rings. The van der Waals surface area contributed by atoms with E-state index in [4.69, 9.17) is 0 Å². The summed E-state index contributed by atoms with van der Waals surface area (Å²) in [5.41, 5.74) is 1.44. The summed E-state index contributed by atoms with van der Waals surface area (Å²) in [5, 5.41) is 5.10. The average molecular weight is 284 g/mol. The van der Waals surface area contributed by atoms with Gasteiger partial charge in [-0.3, -0.25) is 9.48 Å². The van der Waals surface area contributed by atoms with Crippen LogP contribution in [0.3, 0.4) is 0 Å².